The molecule has 1 fully saturated rings. The van der Waals surface area contributed by atoms with Crippen LogP contribution in [0, 0.1) is 24.2 Å². The minimum Gasteiger partial charge on any atom is -0.369 e. The van der Waals surface area contributed by atoms with Gasteiger partial charge in [0.25, 0.3) is 5.91 Å². The Morgan fingerprint density at radius 3 is 2.96 bits per heavy atom. The molecule has 0 radical (unpaired) electrons. The zero-order valence-electron chi connectivity index (χ0n) is 15.8. The predicted molar refractivity (Wildman–Crippen MR) is 105 cm³/mol. The SMILES string of the molecule is Cc1cc(C(=O)N[C@@H]2C[C@H](C)CN(c3ccc(C#N)c4ncccc34)C2)no1. The highest BCUT2D eigenvalue weighted by Gasteiger charge is 2.28. The van der Waals surface area contributed by atoms with Crippen molar-refractivity contribution < 1.29 is 9.32 Å². The molecule has 1 aliphatic heterocycles. The normalized spacial score (nSPS) is 19.4. The van der Waals surface area contributed by atoms with Crippen molar-refractivity contribution in [1.29, 1.82) is 5.26 Å². The van der Waals surface area contributed by atoms with E-state index in [4.69, 9.17) is 4.52 Å². The van der Waals surface area contributed by atoms with E-state index in [0.29, 0.717) is 35.0 Å². The molecule has 2 atom stereocenters. The molecule has 0 saturated carbocycles. The Morgan fingerprint density at radius 1 is 1.36 bits per heavy atom. The van der Waals surface area contributed by atoms with Gasteiger partial charge >= 0.3 is 0 Å². The molecule has 1 aromatic carbocycles. The Balaban J connectivity index is 1.60. The molecule has 3 aromatic rings. The molecule has 1 N–H and O–H groups in total. The molecule has 3 heterocycles. The van der Waals surface area contributed by atoms with E-state index in [-0.39, 0.29) is 11.9 Å². The van der Waals surface area contributed by atoms with E-state index in [1.165, 1.54) is 0 Å². The van der Waals surface area contributed by atoms with Gasteiger partial charge in [0, 0.05) is 42.5 Å². The summed E-state index contributed by atoms with van der Waals surface area (Å²) in [6.07, 6.45) is 2.60. The molecule has 1 saturated heterocycles. The van der Waals surface area contributed by atoms with E-state index < -0.39 is 0 Å². The quantitative estimate of drug-likeness (QED) is 0.756. The third-order valence-corrected chi connectivity index (χ3v) is 5.06. The maximum absolute atomic E-state index is 12.5. The van der Waals surface area contributed by atoms with Gasteiger partial charge < -0.3 is 14.7 Å². The number of anilines is 1. The standard InChI is InChI=1S/C21H21N5O2/c1-13-8-16(24-21(27)18-9-14(2)28-25-18)12-26(11-13)19-6-5-15(10-22)20-17(19)4-3-7-23-20/h3-7,9,13,16H,8,11-12H2,1-2H3,(H,24,27)/t13-,16+/m0/s1. The monoisotopic (exact) mass is 375 g/mol. The van der Waals surface area contributed by atoms with Crippen molar-refractivity contribution in [3.63, 3.8) is 0 Å². The maximum Gasteiger partial charge on any atom is 0.273 e. The van der Waals surface area contributed by atoms with Crippen molar-refractivity contribution in [2.24, 2.45) is 5.92 Å². The van der Waals surface area contributed by atoms with Crippen LogP contribution in [0.1, 0.15) is 35.2 Å². The van der Waals surface area contributed by atoms with Crippen molar-refractivity contribution in [3.8, 4) is 6.07 Å². The molecule has 0 spiro atoms. The van der Waals surface area contributed by atoms with Gasteiger partial charge in [-0.05, 0) is 43.5 Å². The number of pyridine rings is 1. The topological polar surface area (TPSA) is 95.1 Å². The van der Waals surface area contributed by atoms with Gasteiger partial charge in [-0.3, -0.25) is 9.78 Å². The van der Waals surface area contributed by atoms with Crippen molar-refractivity contribution in [3.05, 3.63) is 53.5 Å². The number of nitrogens with one attached hydrogen (secondary N) is 1. The molecular formula is C21H21N5O2. The summed E-state index contributed by atoms with van der Waals surface area (Å²) in [5, 5.41) is 17.2. The van der Waals surface area contributed by atoms with Crippen molar-refractivity contribution in [1.82, 2.24) is 15.5 Å². The van der Waals surface area contributed by atoms with Crippen molar-refractivity contribution in [2.75, 3.05) is 18.0 Å². The zero-order chi connectivity index (χ0) is 19.7. The molecule has 2 aromatic heterocycles. The highest BCUT2D eigenvalue weighted by molar-refractivity contribution is 5.95. The van der Waals surface area contributed by atoms with E-state index in [2.05, 4.69) is 33.4 Å². The Bertz CT molecular complexity index is 1070. The summed E-state index contributed by atoms with van der Waals surface area (Å²) in [6.45, 7) is 5.50. The third-order valence-electron chi connectivity index (χ3n) is 5.06. The second-order valence-corrected chi connectivity index (χ2v) is 7.38. The molecule has 142 valence electrons. The van der Waals surface area contributed by atoms with Crippen LogP contribution in [0.15, 0.2) is 41.1 Å². The Labute approximate surface area is 162 Å². The number of nitrogens with zero attached hydrogens (tertiary/aromatic N) is 4. The van der Waals surface area contributed by atoms with Crippen molar-refractivity contribution >= 4 is 22.5 Å². The van der Waals surface area contributed by atoms with Crippen LogP contribution in [0.2, 0.25) is 0 Å². The number of rotatable bonds is 3. The minimum atomic E-state index is -0.220. The smallest absolute Gasteiger partial charge is 0.273 e. The first-order chi connectivity index (χ1) is 13.5. The van der Waals surface area contributed by atoms with Gasteiger partial charge in [-0.15, -0.1) is 0 Å². The van der Waals surface area contributed by atoms with E-state index in [0.717, 1.165) is 24.0 Å². The summed E-state index contributed by atoms with van der Waals surface area (Å²) < 4.78 is 5.00. The number of hydrogen-bond donors (Lipinski definition) is 1. The first-order valence-corrected chi connectivity index (χ1v) is 9.32. The fraction of sp³-hybridized carbons (Fsp3) is 0.333. The van der Waals surface area contributed by atoms with Gasteiger partial charge in [0.2, 0.25) is 0 Å². The van der Waals surface area contributed by atoms with Crippen LogP contribution in [-0.4, -0.2) is 35.2 Å². The number of fused-ring (bicyclic) bond motifs is 1. The average Bonchev–Trinajstić information content (AvgIpc) is 3.13. The lowest BCUT2D eigenvalue weighted by Gasteiger charge is -2.38. The highest BCUT2D eigenvalue weighted by atomic mass is 16.5. The number of aryl methyl sites for hydroxylation is 1. The lowest BCUT2D eigenvalue weighted by molar-refractivity contribution is 0.0919. The number of nitriles is 1. The summed E-state index contributed by atoms with van der Waals surface area (Å²) in [4.78, 5) is 19.1. The molecule has 28 heavy (non-hydrogen) atoms. The van der Waals surface area contributed by atoms with Crippen molar-refractivity contribution in [2.45, 2.75) is 26.3 Å². The second kappa shape index (κ2) is 7.31. The van der Waals surface area contributed by atoms with E-state index in [9.17, 15) is 10.1 Å². The first kappa shape index (κ1) is 18.0. The number of aromatic nitrogens is 2. The van der Waals surface area contributed by atoms with Gasteiger partial charge in [0.15, 0.2) is 5.69 Å². The van der Waals surface area contributed by atoms with E-state index in [1.807, 2.05) is 24.3 Å². The molecular weight excluding hydrogens is 354 g/mol. The van der Waals surface area contributed by atoms with Crippen LogP contribution >= 0.6 is 0 Å². The summed E-state index contributed by atoms with van der Waals surface area (Å²) >= 11 is 0. The first-order valence-electron chi connectivity index (χ1n) is 9.32. The molecule has 4 rings (SSSR count). The molecule has 0 unspecified atom stereocenters. The summed E-state index contributed by atoms with van der Waals surface area (Å²) in [6, 6.07) is 11.5. The maximum atomic E-state index is 12.5. The van der Waals surface area contributed by atoms with Gasteiger partial charge in [-0.1, -0.05) is 12.1 Å². The number of carbonyl (C=O) groups excluding carboxylic acids is 1. The Morgan fingerprint density at radius 2 is 2.21 bits per heavy atom. The average molecular weight is 375 g/mol. The van der Waals surface area contributed by atoms with Crippen LogP contribution in [0.3, 0.4) is 0 Å². The molecule has 7 heteroatoms. The molecule has 0 bridgehead atoms. The van der Waals surface area contributed by atoms with Gasteiger partial charge in [-0.2, -0.15) is 5.26 Å². The number of hydrogen-bond acceptors (Lipinski definition) is 6. The molecule has 1 aliphatic rings. The van der Waals surface area contributed by atoms with Crippen LogP contribution in [-0.2, 0) is 0 Å². The second-order valence-electron chi connectivity index (χ2n) is 7.38. The third kappa shape index (κ3) is 3.41. The summed E-state index contributed by atoms with van der Waals surface area (Å²) in [5.74, 6) is 0.794. The van der Waals surface area contributed by atoms with Crippen LogP contribution < -0.4 is 10.2 Å². The minimum absolute atomic E-state index is 0.00405. The van der Waals surface area contributed by atoms with E-state index in [1.54, 1.807) is 19.2 Å². The number of benzene rings is 1. The van der Waals surface area contributed by atoms with Gasteiger partial charge in [0.1, 0.15) is 11.8 Å². The van der Waals surface area contributed by atoms with E-state index >= 15 is 0 Å². The number of piperidine rings is 1. The predicted octanol–water partition coefficient (Wildman–Crippen LogP) is 3.05. The van der Waals surface area contributed by atoms with Crippen LogP contribution in [0.5, 0.6) is 0 Å². The lowest BCUT2D eigenvalue weighted by atomic mass is 9.94. The summed E-state index contributed by atoms with van der Waals surface area (Å²) in [5.41, 5.74) is 2.61. The van der Waals surface area contributed by atoms with Crippen LogP contribution in [0.4, 0.5) is 5.69 Å². The fourth-order valence-electron chi connectivity index (χ4n) is 3.91. The zero-order valence-corrected chi connectivity index (χ0v) is 15.8. The highest BCUT2D eigenvalue weighted by Crippen LogP contribution is 2.31. The number of amides is 1. The molecule has 7 nitrogen and oxygen atoms in total. The van der Waals surface area contributed by atoms with Gasteiger partial charge in [-0.25, -0.2) is 0 Å². The van der Waals surface area contributed by atoms with Gasteiger partial charge in [0.05, 0.1) is 11.1 Å². The molecule has 1 amide bonds. The Kier molecular flexibility index (Phi) is 4.70. The largest absolute Gasteiger partial charge is 0.369 e. The van der Waals surface area contributed by atoms with Crippen LogP contribution in [0.25, 0.3) is 10.9 Å². The fourth-order valence-corrected chi connectivity index (χ4v) is 3.91. The molecule has 0 aliphatic carbocycles. The Hall–Kier alpha value is -3.40. The lowest BCUT2D eigenvalue weighted by Crippen LogP contribution is -2.50. The summed E-state index contributed by atoms with van der Waals surface area (Å²) in [7, 11) is 0. The number of carbonyl (C=O) groups is 1.